The van der Waals surface area contributed by atoms with Gasteiger partial charge in [0.05, 0.1) is 12.3 Å². The van der Waals surface area contributed by atoms with Crippen LogP contribution < -0.4 is 10.6 Å². The summed E-state index contributed by atoms with van der Waals surface area (Å²) in [7, 11) is 0. The van der Waals surface area contributed by atoms with Gasteiger partial charge in [0.15, 0.2) is 0 Å². The van der Waals surface area contributed by atoms with Crippen LogP contribution in [-0.4, -0.2) is 49.4 Å². The molecule has 5 nitrogen and oxygen atoms in total. The molecule has 25 heavy (non-hydrogen) atoms. The Kier molecular flexibility index (Phi) is 6.23. The van der Waals surface area contributed by atoms with Gasteiger partial charge >= 0.3 is 0 Å². The first kappa shape index (κ1) is 17.7. The maximum atomic E-state index is 12.5. The van der Waals surface area contributed by atoms with Gasteiger partial charge in [-0.15, -0.1) is 0 Å². The van der Waals surface area contributed by atoms with Crippen molar-refractivity contribution < 1.29 is 9.59 Å². The second-order valence-corrected chi connectivity index (χ2v) is 6.88. The fourth-order valence-corrected chi connectivity index (χ4v) is 3.48. The predicted molar refractivity (Wildman–Crippen MR) is 98.0 cm³/mol. The van der Waals surface area contributed by atoms with Gasteiger partial charge in [-0.25, -0.2) is 0 Å². The van der Waals surface area contributed by atoms with Crippen LogP contribution in [0.1, 0.15) is 24.8 Å². The van der Waals surface area contributed by atoms with Crippen molar-refractivity contribution in [3.05, 3.63) is 47.5 Å². The van der Waals surface area contributed by atoms with E-state index in [-0.39, 0.29) is 17.7 Å². The molecular weight excluding hydrogens is 314 g/mol. The van der Waals surface area contributed by atoms with Crippen molar-refractivity contribution in [3.8, 4) is 0 Å². The van der Waals surface area contributed by atoms with E-state index < -0.39 is 0 Å². The molecule has 2 heterocycles. The van der Waals surface area contributed by atoms with Crippen molar-refractivity contribution in [2.24, 2.45) is 5.92 Å². The zero-order valence-corrected chi connectivity index (χ0v) is 14.7. The number of piperidine rings is 1. The average Bonchev–Trinajstić information content (AvgIpc) is 2.68. The normalized spacial score (nSPS) is 20.7. The third kappa shape index (κ3) is 5.16. The van der Waals surface area contributed by atoms with Crippen LogP contribution >= 0.6 is 0 Å². The minimum atomic E-state index is -0.0872. The Bertz CT molecular complexity index is 627. The number of rotatable bonds is 5. The molecule has 0 aromatic heterocycles. The van der Waals surface area contributed by atoms with Gasteiger partial charge in [0.25, 0.3) is 0 Å². The third-order valence-electron chi connectivity index (χ3n) is 4.99. The second kappa shape index (κ2) is 8.81. The highest BCUT2D eigenvalue weighted by molar-refractivity contribution is 5.82. The van der Waals surface area contributed by atoms with Crippen LogP contribution in [0, 0.1) is 5.92 Å². The zero-order valence-electron chi connectivity index (χ0n) is 14.7. The molecule has 2 N–H and O–H groups in total. The van der Waals surface area contributed by atoms with Crippen LogP contribution in [0.25, 0.3) is 0 Å². The second-order valence-electron chi connectivity index (χ2n) is 6.88. The zero-order chi connectivity index (χ0) is 17.5. The van der Waals surface area contributed by atoms with Crippen molar-refractivity contribution in [1.29, 1.82) is 0 Å². The van der Waals surface area contributed by atoms with Crippen molar-refractivity contribution in [1.82, 2.24) is 15.5 Å². The molecule has 2 aliphatic heterocycles. The summed E-state index contributed by atoms with van der Waals surface area (Å²) in [6.45, 7) is 3.79. The minimum Gasteiger partial charge on any atom is -0.352 e. The molecule has 0 saturated carbocycles. The van der Waals surface area contributed by atoms with E-state index in [9.17, 15) is 9.59 Å². The number of hydrogen-bond donors (Lipinski definition) is 2. The molecule has 5 heteroatoms. The van der Waals surface area contributed by atoms with Gasteiger partial charge < -0.3 is 15.5 Å². The number of carbonyl (C=O) groups is 2. The molecule has 1 atom stereocenters. The van der Waals surface area contributed by atoms with E-state index in [2.05, 4.69) is 16.7 Å². The number of amides is 2. The van der Waals surface area contributed by atoms with Crippen LogP contribution in [0.3, 0.4) is 0 Å². The summed E-state index contributed by atoms with van der Waals surface area (Å²) >= 11 is 0. The Balaban J connectivity index is 1.49. The smallest absolute Gasteiger partial charge is 0.227 e. The molecule has 134 valence electrons. The molecule has 0 bridgehead atoms. The lowest BCUT2D eigenvalue weighted by Gasteiger charge is -2.32. The maximum absolute atomic E-state index is 12.5. The Morgan fingerprint density at radius 3 is 2.84 bits per heavy atom. The van der Waals surface area contributed by atoms with Crippen LogP contribution in [-0.2, 0) is 16.0 Å². The molecule has 3 rings (SSSR count). The molecule has 1 aromatic carbocycles. The largest absolute Gasteiger partial charge is 0.352 e. The molecule has 1 fully saturated rings. The van der Waals surface area contributed by atoms with E-state index in [1.807, 2.05) is 35.2 Å². The Hall–Kier alpha value is -2.14. The summed E-state index contributed by atoms with van der Waals surface area (Å²) in [5.74, 6) is 0.109. The molecule has 1 unspecified atom stereocenters. The molecule has 0 aliphatic carbocycles. The fraction of sp³-hybridized carbons (Fsp3) is 0.500. The van der Waals surface area contributed by atoms with Crippen molar-refractivity contribution in [2.75, 3.05) is 32.7 Å². The first-order valence-electron chi connectivity index (χ1n) is 9.20. The number of likely N-dealkylation sites (tertiary alicyclic amines) is 1. The summed E-state index contributed by atoms with van der Waals surface area (Å²) in [6, 6.07) is 9.79. The fourth-order valence-electron chi connectivity index (χ4n) is 3.48. The average molecular weight is 341 g/mol. The monoisotopic (exact) mass is 341 g/mol. The van der Waals surface area contributed by atoms with Gasteiger partial charge in [0.1, 0.15) is 0 Å². The minimum absolute atomic E-state index is 0.0802. The SMILES string of the molecule is O=C(NCC1=CCNCC1)C1CCCN(C(=O)Cc2ccccc2)C1. The lowest BCUT2D eigenvalue weighted by molar-refractivity contribution is -0.135. The molecule has 2 amide bonds. The lowest BCUT2D eigenvalue weighted by Crippen LogP contribution is -2.46. The quantitative estimate of drug-likeness (QED) is 0.798. The van der Waals surface area contributed by atoms with Gasteiger partial charge in [-0.2, -0.15) is 0 Å². The van der Waals surface area contributed by atoms with Gasteiger partial charge in [-0.1, -0.05) is 42.0 Å². The van der Waals surface area contributed by atoms with E-state index in [1.54, 1.807) is 0 Å². The summed E-state index contributed by atoms with van der Waals surface area (Å²) in [5, 5.41) is 6.33. The number of hydrogen-bond acceptors (Lipinski definition) is 3. The van der Waals surface area contributed by atoms with Crippen molar-refractivity contribution in [2.45, 2.75) is 25.7 Å². The third-order valence-corrected chi connectivity index (χ3v) is 4.99. The van der Waals surface area contributed by atoms with Crippen molar-refractivity contribution >= 4 is 11.8 Å². The van der Waals surface area contributed by atoms with Crippen LogP contribution in [0.4, 0.5) is 0 Å². The molecule has 2 aliphatic rings. The molecule has 1 saturated heterocycles. The summed E-state index contributed by atoms with van der Waals surface area (Å²) in [6.07, 6.45) is 5.31. The molecule has 1 aromatic rings. The Labute approximate surface area is 149 Å². The maximum Gasteiger partial charge on any atom is 0.227 e. The first-order chi connectivity index (χ1) is 12.2. The van der Waals surface area contributed by atoms with Crippen LogP contribution in [0.15, 0.2) is 42.0 Å². The van der Waals surface area contributed by atoms with E-state index in [0.29, 0.717) is 19.5 Å². The van der Waals surface area contributed by atoms with E-state index in [1.165, 1.54) is 5.57 Å². The number of nitrogens with one attached hydrogen (secondary N) is 2. The van der Waals surface area contributed by atoms with Crippen LogP contribution in [0.2, 0.25) is 0 Å². The van der Waals surface area contributed by atoms with Gasteiger partial charge in [-0.3, -0.25) is 9.59 Å². The van der Waals surface area contributed by atoms with Gasteiger partial charge in [0, 0.05) is 26.2 Å². The highest BCUT2D eigenvalue weighted by Crippen LogP contribution is 2.18. The summed E-state index contributed by atoms with van der Waals surface area (Å²) in [5.41, 5.74) is 2.32. The molecule has 0 spiro atoms. The number of benzene rings is 1. The van der Waals surface area contributed by atoms with E-state index in [0.717, 1.165) is 44.5 Å². The summed E-state index contributed by atoms with van der Waals surface area (Å²) in [4.78, 5) is 26.8. The van der Waals surface area contributed by atoms with E-state index >= 15 is 0 Å². The Morgan fingerprint density at radius 2 is 2.08 bits per heavy atom. The van der Waals surface area contributed by atoms with Crippen molar-refractivity contribution in [3.63, 3.8) is 0 Å². The molecule has 0 radical (unpaired) electrons. The predicted octanol–water partition coefficient (Wildman–Crippen LogP) is 1.50. The highest BCUT2D eigenvalue weighted by Gasteiger charge is 2.28. The molecular formula is C20H27N3O2. The highest BCUT2D eigenvalue weighted by atomic mass is 16.2. The Morgan fingerprint density at radius 1 is 1.24 bits per heavy atom. The van der Waals surface area contributed by atoms with Crippen LogP contribution in [0.5, 0.6) is 0 Å². The lowest BCUT2D eigenvalue weighted by atomic mass is 9.96. The van der Waals surface area contributed by atoms with Gasteiger partial charge in [-0.05, 0) is 31.4 Å². The number of carbonyl (C=O) groups excluding carboxylic acids is 2. The number of nitrogens with zero attached hydrogens (tertiary/aromatic N) is 1. The topological polar surface area (TPSA) is 61.4 Å². The van der Waals surface area contributed by atoms with E-state index in [4.69, 9.17) is 0 Å². The standard InChI is InChI=1S/C20H27N3O2/c24-19(13-16-5-2-1-3-6-16)23-12-4-7-18(15-23)20(25)22-14-17-8-10-21-11-9-17/h1-3,5-6,8,18,21H,4,7,9-15H2,(H,22,25). The first-order valence-corrected chi connectivity index (χ1v) is 9.20. The van der Waals surface area contributed by atoms with Gasteiger partial charge in [0.2, 0.25) is 11.8 Å². The summed E-state index contributed by atoms with van der Waals surface area (Å²) < 4.78 is 0.